The molecule has 0 radical (unpaired) electrons. The van der Waals surface area contributed by atoms with Crippen molar-refractivity contribution in [1.29, 1.82) is 5.26 Å². The molecule has 0 aliphatic heterocycles. The van der Waals surface area contributed by atoms with E-state index >= 15 is 0 Å². The fourth-order valence-electron chi connectivity index (χ4n) is 1.70. The highest BCUT2D eigenvalue weighted by Gasteiger charge is 2.05. The van der Waals surface area contributed by atoms with Crippen molar-refractivity contribution in [1.82, 2.24) is 4.57 Å². The van der Waals surface area contributed by atoms with Gasteiger partial charge in [-0.3, -0.25) is 0 Å². The number of aliphatic hydroxyl groups excluding tert-OH is 1. The van der Waals surface area contributed by atoms with Crippen LogP contribution in [0.25, 0.3) is 0 Å². The van der Waals surface area contributed by atoms with Crippen molar-refractivity contribution in [2.24, 2.45) is 0 Å². The molecule has 0 unspecified atom stereocenters. The van der Waals surface area contributed by atoms with Gasteiger partial charge < -0.3 is 9.67 Å². The molecule has 3 nitrogen and oxygen atoms in total. The van der Waals surface area contributed by atoms with Crippen LogP contribution in [0.5, 0.6) is 0 Å². The van der Waals surface area contributed by atoms with Crippen molar-refractivity contribution in [3.63, 3.8) is 0 Å². The third-order valence-electron chi connectivity index (χ3n) is 2.59. The van der Waals surface area contributed by atoms with E-state index in [0.717, 1.165) is 11.3 Å². The largest absolute Gasteiger partial charge is 0.390 e. The molecule has 86 valence electrons. The minimum Gasteiger partial charge on any atom is -0.390 e. The SMILES string of the molecule is N#Cc1cc(Cn2cccc2CO)ccc1F. The molecular formula is C13H11FN2O. The van der Waals surface area contributed by atoms with E-state index in [4.69, 9.17) is 10.4 Å². The highest BCUT2D eigenvalue weighted by molar-refractivity contribution is 5.34. The predicted molar refractivity (Wildman–Crippen MR) is 60.6 cm³/mol. The Kier molecular flexibility index (Phi) is 3.22. The van der Waals surface area contributed by atoms with Gasteiger partial charge in [-0.25, -0.2) is 4.39 Å². The van der Waals surface area contributed by atoms with E-state index in [1.165, 1.54) is 12.1 Å². The number of aromatic nitrogens is 1. The van der Waals surface area contributed by atoms with Crippen LogP contribution in [0.15, 0.2) is 36.5 Å². The van der Waals surface area contributed by atoms with E-state index in [1.807, 2.05) is 29.0 Å². The summed E-state index contributed by atoms with van der Waals surface area (Å²) in [5.41, 5.74) is 1.65. The summed E-state index contributed by atoms with van der Waals surface area (Å²) in [5.74, 6) is -0.508. The van der Waals surface area contributed by atoms with Crippen LogP contribution < -0.4 is 0 Å². The van der Waals surface area contributed by atoms with Gasteiger partial charge in [0.15, 0.2) is 0 Å². The van der Waals surface area contributed by atoms with Crippen LogP contribution in [0.2, 0.25) is 0 Å². The minimum absolute atomic E-state index is 0.0419. The standard InChI is InChI=1S/C13H11FN2O/c14-13-4-3-10(6-11(13)7-15)8-16-5-1-2-12(16)9-17/h1-6,17H,8-9H2. The van der Waals surface area contributed by atoms with Crippen molar-refractivity contribution in [3.8, 4) is 6.07 Å². The first-order valence-corrected chi connectivity index (χ1v) is 5.18. The molecule has 0 amide bonds. The van der Waals surface area contributed by atoms with Crippen LogP contribution in [0.3, 0.4) is 0 Å². The average molecular weight is 230 g/mol. The number of hydrogen-bond acceptors (Lipinski definition) is 2. The first-order chi connectivity index (χ1) is 8.24. The van der Waals surface area contributed by atoms with Crippen molar-refractivity contribution >= 4 is 0 Å². The normalized spacial score (nSPS) is 10.2. The maximum Gasteiger partial charge on any atom is 0.140 e. The summed E-state index contributed by atoms with van der Waals surface area (Å²) in [6, 6.07) is 9.91. The lowest BCUT2D eigenvalue weighted by molar-refractivity contribution is 0.271. The van der Waals surface area contributed by atoms with Crippen LogP contribution in [0, 0.1) is 17.1 Å². The molecule has 0 fully saturated rings. The smallest absolute Gasteiger partial charge is 0.140 e. The van der Waals surface area contributed by atoms with Gasteiger partial charge in [0.2, 0.25) is 0 Å². The van der Waals surface area contributed by atoms with Gasteiger partial charge in [-0.05, 0) is 29.8 Å². The fourth-order valence-corrected chi connectivity index (χ4v) is 1.70. The summed E-state index contributed by atoms with van der Waals surface area (Å²) < 4.78 is 15.0. The molecule has 0 spiro atoms. The van der Waals surface area contributed by atoms with Gasteiger partial charge in [-0.2, -0.15) is 5.26 Å². The minimum atomic E-state index is -0.508. The molecule has 2 aromatic rings. The van der Waals surface area contributed by atoms with Gasteiger partial charge in [0.1, 0.15) is 11.9 Å². The second-order valence-corrected chi connectivity index (χ2v) is 3.71. The highest BCUT2D eigenvalue weighted by Crippen LogP contribution is 2.12. The molecule has 2 rings (SSSR count). The second-order valence-electron chi connectivity index (χ2n) is 3.71. The molecule has 0 saturated heterocycles. The summed E-state index contributed by atoms with van der Waals surface area (Å²) in [6.45, 7) is 0.469. The van der Waals surface area contributed by atoms with Crippen molar-refractivity contribution in [2.75, 3.05) is 0 Å². The van der Waals surface area contributed by atoms with Gasteiger partial charge in [-0.15, -0.1) is 0 Å². The predicted octanol–water partition coefficient (Wildman–Crippen LogP) is 2.04. The molecule has 0 atom stereocenters. The second kappa shape index (κ2) is 4.81. The Morgan fingerprint density at radius 2 is 2.18 bits per heavy atom. The van der Waals surface area contributed by atoms with Gasteiger partial charge >= 0.3 is 0 Å². The zero-order valence-electron chi connectivity index (χ0n) is 9.10. The lowest BCUT2D eigenvalue weighted by atomic mass is 10.1. The molecule has 0 saturated carbocycles. The number of halogens is 1. The quantitative estimate of drug-likeness (QED) is 0.877. The van der Waals surface area contributed by atoms with E-state index in [2.05, 4.69) is 0 Å². The van der Waals surface area contributed by atoms with E-state index in [1.54, 1.807) is 6.07 Å². The van der Waals surface area contributed by atoms with Crippen LogP contribution >= 0.6 is 0 Å². The zero-order valence-corrected chi connectivity index (χ0v) is 9.10. The Bertz CT molecular complexity index is 569. The Morgan fingerprint density at radius 3 is 2.88 bits per heavy atom. The number of benzene rings is 1. The van der Waals surface area contributed by atoms with Gasteiger partial charge in [-0.1, -0.05) is 6.07 Å². The lowest BCUT2D eigenvalue weighted by Gasteiger charge is -2.08. The molecule has 0 bridgehead atoms. The maximum absolute atomic E-state index is 13.1. The van der Waals surface area contributed by atoms with Crippen molar-refractivity contribution in [3.05, 3.63) is 59.2 Å². The van der Waals surface area contributed by atoms with Crippen LogP contribution in [-0.4, -0.2) is 9.67 Å². The van der Waals surface area contributed by atoms with Crippen LogP contribution in [0.1, 0.15) is 16.8 Å². The summed E-state index contributed by atoms with van der Waals surface area (Å²) in [5, 5.41) is 17.8. The fraction of sp³-hybridized carbons (Fsp3) is 0.154. The Balaban J connectivity index is 2.28. The summed E-state index contributed by atoms with van der Waals surface area (Å²) in [4.78, 5) is 0. The topological polar surface area (TPSA) is 49.0 Å². The molecule has 17 heavy (non-hydrogen) atoms. The zero-order chi connectivity index (χ0) is 12.3. The first-order valence-electron chi connectivity index (χ1n) is 5.18. The van der Waals surface area contributed by atoms with E-state index in [9.17, 15) is 4.39 Å². The van der Waals surface area contributed by atoms with E-state index in [-0.39, 0.29) is 12.2 Å². The molecule has 1 N–H and O–H groups in total. The van der Waals surface area contributed by atoms with Crippen LogP contribution in [0.4, 0.5) is 4.39 Å². The highest BCUT2D eigenvalue weighted by atomic mass is 19.1. The summed E-state index contributed by atoms with van der Waals surface area (Å²) in [7, 11) is 0. The monoisotopic (exact) mass is 230 g/mol. The molecular weight excluding hydrogens is 219 g/mol. The molecule has 0 aliphatic rings. The van der Waals surface area contributed by atoms with Crippen molar-refractivity contribution in [2.45, 2.75) is 13.2 Å². The maximum atomic E-state index is 13.1. The van der Waals surface area contributed by atoms with Crippen LogP contribution in [-0.2, 0) is 13.2 Å². The van der Waals surface area contributed by atoms with E-state index in [0.29, 0.717) is 6.54 Å². The Morgan fingerprint density at radius 1 is 1.35 bits per heavy atom. The molecule has 1 aromatic heterocycles. The van der Waals surface area contributed by atoms with Gasteiger partial charge in [0, 0.05) is 18.4 Å². The first kappa shape index (κ1) is 11.4. The summed E-state index contributed by atoms with van der Waals surface area (Å²) >= 11 is 0. The number of rotatable bonds is 3. The lowest BCUT2D eigenvalue weighted by Crippen LogP contribution is -2.03. The molecule has 1 heterocycles. The Labute approximate surface area is 98.4 Å². The van der Waals surface area contributed by atoms with E-state index < -0.39 is 5.82 Å². The third kappa shape index (κ3) is 2.35. The third-order valence-corrected chi connectivity index (χ3v) is 2.59. The van der Waals surface area contributed by atoms with Gasteiger partial charge in [0.05, 0.1) is 12.2 Å². The molecule has 0 aliphatic carbocycles. The van der Waals surface area contributed by atoms with Gasteiger partial charge in [0.25, 0.3) is 0 Å². The number of hydrogen-bond donors (Lipinski definition) is 1. The van der Waals surface area contributed by atoms with Crippen molar-refractivity contribution < 1.29 is 9.50 Å². The Hall–Kier alpha value is -2.12. The number of nitriles is 1. The summed E-state index contributed by atoms with van der Waals surface area (Å²) in [6.07, 6.45) is 1.83. The number of aliphatic hydroxyl groups is 1. The molecule has 4 heteroatoms. The average Bonchev–Trinajstić information content (AvgIpc) is 2.79. The molecule has 1 aromatic carbocycles. The number of nitrogens with zero attached hydrogens (tertiary/aromatic N) is 2.